The van der Waals surface area contributed by atoms with E-state index in [4.69, 9.17) is 27.9 Å². The molecule has 0 atom stereocenters. The maximum absolute atomic E-state index is 12.2. The molecule has 27 heavy (non-hydrogen) atoms. The lowest BCUT2D eigenvalue weighted by molar-refractivity contribution is 0.158. The minimum atomic E-state index is -0.675. The topological polar surface area (TPSA) is 58.6 Å². The third-order valence-corrected chi connectivity index (χ3v) is 5.34. The zero-order valence-corrected chi connectivity index (χ0v) is 15.6. The smallest absolute Gasteiger partial charge is 0.411 e. The van der Waals surface area contributed by atoms with E-state index in [2.05, 4.69) is 17.4 Å². The summed E-state index contributed by atoms with van der Waals surface area (Å²) >= 11 is 11.8. The fraction of sp³-hybridized carbons (Fsp3) is 0.0952. The molecule has 3 aromatic carbocycles. The number of anilines is 1. The van der Waals surface area contributed by atoms with Crippen molar-refractivity contribution in [3.8, 4) is 16.9 Å². The summed E-state index contributed by atoms with van der Waals surface area (Å²) in [6.45, 7) is 0.182. The van der Waals surface area contributed by atoms with Crippen LogP contribution in [-0.2, 0) is 4.74 Å². The Morgan fingerprint density at radius 2 is 1.52 bits per heavy atom. The number of carbonyl (C=O) groups is 1. The summed E-state index contributed by atoms with van der Waals surface area (Å²) in [6, 6.07) is 18.8. The van der Waals surface area contributed by atoms with Gasteiger partial charge in [0.15, 0.2) is 0 Å². The maximum Gasteiger partial charge on any atom is 0.411 e. The zero-order chi connectivity index (χ0) is 19.0. The number of aromatic hydroxyl groups is 1. The van der Waals surface area contributed by atoms with Gasteiger partial charge in [0.2, 0.25) is 0 Å². The number of rotatable bonds is 3. The highest BCUT2D eigenvalue weighted by Gasteiger charge is 2.29. The fourth-order valence-corrected chi connectivity index (χ4v) is 3.70. The molecule has 136 valence electrons. The number of fused-ring (bicyclic) bond motifs is 3. The van der Waals surface area contributed by atoms with Crippen LogP contribution in [0.25, 0.3) is 11.1 Å². The fourth-order valence-electron chi connectivity index (χ4n) is 3.38. The Labute approximate surface area is 166 Å². The van der Waals surface area contributed by atoms with Gasteiger partial charge in [0.05, 0.1) is 15.7 Å². The number of hydrogen-bond acceptors (Lipinski definition) is 3. The van der Waals surface area contributed by atoms with Crippen molar-refractivity contribution in [3.63, 3.8) is 0 Å². The first-order chi connectivity index (χ1) is 13.0. The van der Waals surface area contributed by atoms with Crippen molar-refractivity contribution in [1.29, 1.82) is 0 Å². The molecular formula is C21H15Cl2NO3. The van der Waals surface area contributed by atoms with Crippen molar-refractivity contribution in [2.24, 2.45) is 0 Å². The van der Waals surface area contributed by atoms with Gasteiger partial charge in [-0.25, -0.2) is 4.79 Å². The van der Waals surface area contributed by atoms with E-state index in [1.807, 2.05) is 36.4 Å². The van der Waals surface area contributed by atoms with Crippen LogP contribution in [0.5, 0.6) is 5.75 Å². The van der Waals surface area contributed by atoms with Crippen molar-refractivity contribution in [2.75, 3.05) is 11.9 Å². The first-order valence-corrected chi connectivity index (χ1v) is 9.10. The molecule has 2 N–H and O–H groups in total. The van der Waals surface area contributed by atoms with Gasteiger partial charge < -0.3 is 9.84 Å². The van der Waals surface area contributed by atoms with E-state index in [-0.39, 0.29) is 34.0 Å². The van der Waals surface area contributed by atoms with Crippen LogP contribution < -0.4 is 5.32 Å². The molecule has 0 bridgehead atoms. The molecule has 4 nitrogen and oxygen atoms in total. The average molecular weight is 400 g/mol. The van der Waals surface area contributed by atoms with Gasteiger partial charge in [-0.05, 0) is 28.3 Å². The molecule has 1 amide bonds. The molecule has 0 saturated carbocycles. The summed E-state index contributed by atoms with van der Waals surface area (Å²) in [5, 5.41) is 12.8. The van der Waals surface area contributed by atoms with Crippen LogP contribution in [0, 0.1) is 0 Å². The van der Waals surface area contributed by atoms with Crippen LogP contribution in [-0.4, -0.2) is 17.8 Å². The standard InChI is InChI=1S/C21H15Cl2NO3/c22-17-9-19(20(25)10-18(17)23)24-21(26)27-11-16-14-7-3-1-5-12(14)13-6-2-4-8-15(13)16/h1-10,16,25H,11H2,(H,24,26). The largest absolute Gasteiger partial charge is 0.506 e. The number of ether oxygens (including phenoxy) is 1. The van der Waals surface area contributed by atoms with Crippen molar-refractivity contribution >= 4 is 35.0 Å². The first kappa shape index (κ1) is 17.7. The lowest BCUT2D eigenvalue weighted by Crippen LogP contribution is -2.18. The lowest BCUT2D eigenvalue weighted by atomic mass is 9.98. The highest BCUT2D eigenvalue weighted by molar-refractivity contribution is 6.42. The second-order valence-electron chi connectivity index (χ2n) is 6.23. The molecule has 0 spiro atoms. The van der Waals surface area contributed by atoms with E-state index in [1.54, 1.807) is 0 Å². The predicted octanol–water partition coefficient (Wildman–Crippen LogP) is 6.06. The number of nitrogens with one attached hydrogen (secondary N) is 1. The Balaban J connectivity index is 1.51. The SMILES string of the molecule is O=C(Nc1cc(Cl)c(Cl)cc1O)OCC1c2ccccc2-c2ccccc21. The molecule has 3 aromatic rings. The number of amides is 1. The van der Waals surface area contributed by atoms with Crippen LogP contribution in [0.1, 0.15) is 17.0 Å². The van der Waals surface area contributed by atoms with Crippen molar-refractivity contribution < 1.29 is 14.6 Å². The molecule has 4 rings (SSSR count). The molecule has 0 radical (unpaired) electrons. The quantitative estimate of drug-likeness (QED) is 0.526. The number of halogens is 2. The Kier molecular flexibility index (Phi) is 4.68. The van der Waals surface area contributed by atoms with Crippen LogP contribution in [0.4, 0.5) is 10.5 Å². The van der Waals surface area contributed by atoms with Crippen LogP contribution in [0.3, 0.4) is 0 Å². The molecule has 0 aliphatic heterocycles. The second kappa shape index (κ2) is 7.14. The minimum absolute atomic E-state index is 0.0365. The zero-order valence-electron chi connectivity index (χ0n) is 14.1. The van der Waals surface area contributed by atoms with Crippen molar-refractivity contribution in [2.45, 2.75) is 5.92 Å². The van der Waals surface area contributed by atoms with E-state index < -0.39 is 6.09 Å². The summed E-state index contributed by atoms with van der Waals surface area (Å²) in [6.07, 6.45) is -0.675. The average Bonchev–Trinajstić information content (AvgIpc) is 2.98. The second-order valence-corrected chi connectivity index (χ2v) is 7.05. The molecule has 0 unspecified atom stereocenters. The van der Waals surface area contributed by atoms with E-state index in [9.17, 15) is 9.90 Å². The normalized spacial score (nSPS) is 12.4. The molecule has 6 heteroatoms. The Morgan fingerprint density at radius 1 is 0.963 bits per heavy atom. The molecular weight excluding hydrogens is 385 g/mol. The highest BCUT2D eigenvalue weighted by atomic mass is 35.5. The summed E-state index contributed by atoms with van der Waals surface area (Å²) in [7, 11) is 0. The molecule has 1 aliphatic carbocycles. The Hall–Kier alpha value is -2.69. The third kappa shape index (κ3) is 3.34. The summed E-state index contributed by atoms with van der Waals surface area (Å²) in [5.74, 6) is -0.219. The van der Waals surface area contributed by atoms with Crippen LogP contribution in [0.2, 0.25) is 10.0 Å². The Bertz CT molecular complexity index is 990. The highest BCUT2D eigenvalue weighted by Crippen LogP contribution is 2.44. The Morgan fingerprint density at radius 3 is 2.15 bits per heavy atom. The number of hydrogen-bond donors (Lipinski definition) is 2. The van der Waals surface area contributed by atoms with Gasteiger partial charge in [0, 0.05) is 12.0 Å². The first-order valence-electron chi connectivity index (χ1n) is 8.34. The van der Waals surface area contributed by atoms with E-state index in [0.717, 1.165) is 22.3 Å². The molecule has 0 saturated heterocycles. The number of phenols is 1. The third-order valence-electron chi connectivity index (χ3n) is 4.62. The van der Waals surface area contributed by atoms with Gasteiger partial charge in [0.1, 0.15) is 12.4 Å². The summed E-state index contributed by atoms with van der Waals surface area (Å²) in [5.41, 5.74) is 4.71. The predicted molar refractivity (Wildman–Crippen MR) is 107 cm³/mol. The lowest BCUT2D eigenvalue weighted by Gasteiger charge is -2.15. The number of benzene rings is 3. The summed E-state index contributed by atoms with van der Waals surface area (Å²) in [4.78, 5) is 12.2. The van der Waals surface area contributed by atoms with Crippen molar-refractivity contribution in [3.05, 3.63) is 81.8 Å². The molecule has 0 fully saturated rings. The van der Waals surface area contributed by atoms with Gasteiger partial charge in [-0.2, -0.15) is 0 Å². The van der Waals surface area contributed by atoms with Gasteiger partial charge >= 0.3 is 6.09 Å². The molecule has 1 aliphatic rings. The van der Waals surface area contributed by atoms with Crippen molar-refractivity contribution in [1.82, 2.24) is 0 Å². The van der Waals surface area contributed by atoms with Crippen LogP contribution >= 0.6 is 23.2 Å². The molecule has 0 heterocycles. The van der Waals surface area contributed by atoms with Gasteiger partial charge in [-0.15, -0.1) is 0 Å². The monoisotopic (exact) mass is 399 g/mol. The van der Waals surface area contributed by atoms with E-state index in [0.29, 0.717) is 0 Å². The summed E-state index contributed by atoms with van der Waals surface area (Å²) < 4.78 is 5.43. The van der Waals surface area contributed by atoms with Gasteiger partial charge in [-0.1, -0.05) is 71.7 Å². The van der Waals surface area contributed by atoms with Gasteiger partial charge in [-0.3, -0.25) is 5.32 Å². The minimum Gasteiger partial charge on any atom is -0.506 e. The molecule has 0 aromatic heterocycles. The maximum atomic E-state index is 12.2. The number of carbonyl (C=O) groups excluding carboxylic acids is 1. The van der Waals surface area contributed by atoms with Gasteiger partial charge in [0.25, 0.3) is 0 Å². The van der Waals surface area contributed by atoms with Crippen LogP contribution in [0.15, 0.2) is 60.7 Å². The number of phenolic OH excluding ortho intramolecular Hbond substituents is 1. The van der Waals surface area contributed by atoms with E-state index >= 15 is 0 Å². The van der Waals surface area contributed by atoms with E-state index in [1.165, 1.54) is 12.1 Å².